The molecule has 0 aromatic heterocycles. The van der Waals surface area contributed by atoms with Crippen LogP contribution in [0.1, 0.15) is 19.4 Å². The van der Waals surface area contributed by atoms with Crippen LogP contribution in [0.5, 0.6) is 0 Å². The number of anilines is 1. The van der Waals surface area contributed by atoms with Crippen LogP contribution in [-0.2, 0) is 14.3 Å². The van der Waals surface area contributed by atoms with E-state index in [2.05, 4.69) is 15.4 Å². The number of rotatable bonds is 6. The van der Waals surface area contributed by atoms with Crippen molar-refractivity contribution in [1.82, 2.24) is 5.32 Å². The lowest BCUT2D eigenvalue weighted by Gasteiger charge is -2.14. The molecular weight excluding hydrogens is 302 g/mol. The number of hydrogen-bond acceptors (Lipinski definition) is 6. The minimum absolute atomic E-state index is 0.0610. The number of carbonyl (C=O) groups excluding carboxylic acids is 2. The Labute approximate surface area is 133 Å². The molecule has 1 aromatic rings. The highest BCUT2D eigenvalue weighted by Gasteiger charge is 2.16. The molecule has 0 spiro atoms. The molecule has 0 atom stereocenters. The van der Waals surface area contributed by atoms with Gasteiger partial charge in [-0.1, -0.05) is 6.07 Å². The highest BCUT2D eigenvalue weighted by atomic mass is 16.6. The summed E-state index contributed by atoms with van der Waals surface area (Å²) in [6, 6.07) is 4.06. The Balaban J connectivity index is 3.17. The average Bonchev–Trinajstić information content (AvgIpc) is 2.47. The SMILES string of the molecule is COC(=O)/C=C(\Nc1cc([N+](=O)[O-])ccc1C)C(=O)NC(C)C. The first-order chi connectivity index (χ1) is 10.7. The van der Waals surface area contributed by atoms with Crippen molar-refractivity contribution in [3.05, 3.63) is 45.6 Å². The van der Waals surface area contributed by atoms with Gasteiger partial charge in [0, 0.05) is 23.9 Å². The molecule has 2 N–H and O–H groups in total. The van der Waals surface area contributed by atoms with Gasteiger partial charge in [-0.25, -0.2) is 4.79 Å². The van der Waals surface area contributed by atoms with Gasteiger partial charge < -0.3 is 15.4 Å². The van der Waals surface area contributed by atoms with Crippen molar-refractivity contribution < 1.29 is 19.2 Å². The Morgan fingerprint density at radius 2 is 2.00 bits per heavy atom. The second kappa shape index (κ2) is 7.92. The summed E-state index contributed by atoms with van der Waals surface area (Å²) in [5, 5.41) is 16.3. The van der Waals surface area contributed by atoms with Gasteiger partial charge in [0.15, 0.2) is 0 Å². The van der Waals surface area contributed by atoms with Crippen LogP contribution < -0.4 is 10.6 Å². The van der Waals surface area contributed by atoms with E-state index in [1.54, 1.807) is 26.8 Å². The number of ether oxygens (including phenoxy) is 1. The van der Waals surface area contributed by atoms with E-state index in [9.17, 15) is 19.7 Å². The summed E-state index contributed by atoms with van der Waals surface area (Å²) in [4.78, 5) is 33.9. The number of non-ortho nitro benzene ring substituents is 1. The molecule has 0 fully saturated rings. The molecular formula is C15H19N3O5. The summed E-state index contributed by atoms with van der Waals surface area (Å²) in [6.45, 7) is 5.26. The smallest absolute Gasteiger partial charge is 0.332 e. The standard InChI is InChI=1S/C15H19N3O5/c1-9(2)16-15(20)13(8-14(19)23-4)17-12-7-11(18(21)22)6-5-10(12)3/h5-9,17H,1-4H3,(H,16,20)/b13-8-. The van der Waals surface area contributed by atoms with Gasteiger partial charge >= 0.3 is 5.97 Å². The van der Waals surface area contributed by atoms with Crippen LogP contribution in [0.3, 0.4) is 0 Å². The maximum atomic E-state index is 12.2. The largest absolute Gasteiger partial charge is 0.466 e. The first kappa shape index (κ1) is 18.1. The molecule has 0 radical (unpaired) electrons. The molecule has 8 heteroatoms. The molecule has 23 heavy (non-hydrogen) atoms. The van der Waals surface area contributed by atoms with Gasteiger partial charge in [-0.3, -0.25) is 14.9 Å². The third kappa shape index (κ3) is 5.42. The predicted octanol–water partition coefficient (Wildman–Crippen LogP) is 1.90. The summed E-state index contributed by atoms with van der Waals surface area (Å²) in [5.74, 6) is -1.23. The van der Waals surface area contributed by atoms with Crippen LogP contribution >= 0.6 is 0 Å². The fraction of sp³-hybridized carbons (Fsp3) is 0.333. The maximum Gasteiger partial charge on any atom is 0.332 e. The summed E-state index contributed by atoms with van der Waals surface area (Å²) in [6.07, 6.45) is 0.996. The summed E-state index contributed by atoms with van der Waals surface area (Å²) >= 11 is 0. The molecule has 0 aliphatic rings. The quantitative estimate of drug-likeness (QED) is 0.358. The molecule has 0 bridgehead atoms. The fourth-order valence-corrected chi connectivity index (χ4v) is 1.68. The Kier molecular flexibility index (Phi) is 6.25. The first-order valence-electron chi connectivity index (χ1n) is 6.87. The van der Waals surface area contributed by atoms with Gasteiger partial charge in [-0.05, 0) is 26.3 Å². The van der Waals surface area contributed by atoms with E-state index in [1.807, 2.05) is 0 Å². The topological polar surface area (TPSA) is 111 Å². The summed E-state index contributed by atoms with van der Waals surface area (Å²) in [7, 11) is 1.19. The normalized spacial score (nSPS) is 11.1. The number of nitrogens with one attached hydrogen (secondary N) is 2. The van der Waals surface area contributed by atoms with E-state index in [4.69, 9.17) is 0 Å². The second-order valence-electron chi connectivity index (χ2n) is 5.09. The van der Waals surface area contributed by atoms with Crippen molar-refractivity contribution in [3.63, 3.8) is 0 Å². The molecule has 1 amide bonds. The van der Waals surface area contributed by atoms with Crippen LogP contribution in [0.15, 0.2) is 30.0 Å². The van der Waals surface area contributed by atoms with Gasteiger partial charge in [0.05, 0.1) is 18.1 Å². The molecule has 1 aromatic carbocycles. The van der Waals surface area contributed by atoms with E-state index in [0.29, 0.717) is 11.3 Å². The Bertz CT molecular complexity index is 653. The summed E-state index contributed by atoms with van der Waals surface area (Å²) < 4.78 is 4.52. The number of carbonyl (C=O) groups is 2. The zero-order chi connectivity index (χ0) is 17.6. The van der Waals surface area contributed by atoms with Crippen molar-refractivity contribution >= 4 is 23.3 Å². The van der Waals surface area contributed by atoms with Gasteiger partial charge in [-0.15, -0.1) is 0 Å². The lowest BCUT2D eigenvalue weighted by atomic mass is 10.1. The van der Waals surface area contributed by atoms with Gasteiger partial charge in [0.2, 0.25) is 0 Å². The van der Waals surface area contributed by atoms with Gasteiger partial charge in [-0.2, -0.15) is 0 Å². The van der Waals surface area contributed by atoms with E-state index < -0.39 is 16.8 Å². The van der Waals surface area contributed by atoms with Crippen LogP contribution in [0.2, 0.25) is 0 Å². The monoisotopic (exact) mass is 321 g/mol. The Morgan fingerprint density at radius 3 is 2.52 bits per heavy atom. The lowest BCUT2D eigenvalue weighted by Crippen LogP contribution is -2.34. The van der Waals surface area contributed by atoms with Crippen LogP contribution in [0.25, 0.3) is 0 Å². The summed E-state index contributed by atoms with van der Waals surface area (Å²) in [5.41, 5.74) is 0.853. The van der Waals surface area contributed by atoms with Crippen molar-refractivity contribution in [3.8, 4) is 0 Å². The number of amides is 1. The predicted molar refractivity (Wildman–Crippen MR) is 84.8 cm³/mol. The zero-order valence-corrected chi connectivity index (χ0v) is 13.4. The maximum absolute atomic E-state index is 12.2. The number of nitro benzene ring substituents is 1. The molecule has 0 aliphatic heterocycles. The fourth-order valence-electron chi connectivity index (χ4n) is 1.68. The number of nitrogens with zero attached hydrogens (tertiary/aromatic N) is 1. The van der Waals surface area contributed by atoms with E-state index in [0.717, 1.165) is 6.08 Å². The minimum Gasteiger partial charge on any atom is -0.466 e. The second-order valence-corrected chi connectivity index (χ2v) is 5.09. The van der Waals surface area contributed by atoms with Crippen molar-refractivity contribution in [2.24, 2.45) is 0 Å². The third-order valence-electron chi connectivity index (χ3n) is 2.83. The van der Waals surface area contributed by atoms with Crippen LogP contribution in [0.4, 0.5) is 11.4 Å². The van der Waals surface area contributed by atoms with Gasteiger partial charge in [0.25, 0.3) is 11.6 Å². The molecule has 0 unspecified atom stereocenters. The number of nitro groups is 1. The third-order valence-corrected chi connectivity index (χ3v) is 2.83. The Hall–Kier alpha value is -2.90. The lowest BCUT2D eigenvalue weighted by molar-refractivity contribution is -0.384. The number of hydrogen-bond donors (Lipinski definition) is 2. The van der Waals surface area contributed by atoms with Crippen molar-refractivity contribution in [1.29, 1.82) is 0 Å². The average molecular weight is 321 g/mol. The number of methoxy groups -OCH3 is 1. The highest BCUT2D eigenvalue weighted by Crippen LogP contribution is 2.23. The number of esters is 1. The van der Waals surface area contributed by atoms with Gasteiger partial charge in [0.1, 0.15) is 5.70 Å². The molecule has 124 valence electrons. The molecule has 0 aliphatic carbocycles. The molecule has 0 saturated heterocycles. The first-order valence-corrected chi connectivity index (χ1v) is 6.87. The van der Waals surface area contributed by atoms with E-state index >= 15 is 0 Å². The molecule has 0 heterocycles. The highest BCUT2D eigenvalue weighted by molar-refractivity contribution is 6.02. The van der Waals surface area contributed by atoms with Crippen molar-refractivity contribution in [2.45, 2.75) is 26.8 Å². The zero-order valence-electron chi connectivity index (χ0n) is 13.4. The number of benzene rings is 1. The molecule has 1 rings (SSSR count). The van der Waals surface area contributed by atoms with E-state index in [-0.39, 0.29) is 17.4 Å². The van der Waals surface area contributed by atoms with Crippen LogP contribution in [0, 0.1) is 17.0 Å². The minimum atomic E-state index is -0.713. The Morgan fingerprint density at radius 1 is 1.35 bits per heavy atom. The molecule has 8 nitrogen and oxygen atoms in total. The van der Waals surface area contributed by atoms with E-state index in [1.165, 1.54) is 19.2 Å². The van der Waals surface area contributed by atoms with Crippen molar-refractivity contribution in [2.75, 3.05) is 12.4 Å². The van der Waals surface area contributed by atoms with Crippen LogP contribution in [-0.4, -0.2) is 30.0 Å². The molecule has 0 saturated carbocycles. The number of aryl methyl sites for hydroxylation is 1.